The summed E-state index contributed by atoms with van der Waals surface area (Å²) in [6, 6.07) is 6.02. The highest BCUT2D eigenvalue weighted by Gasteiger charge is 2.31. The molecule has 4 N–H and O–H groups in total. The Bertz CT molecular complexity index is 996. The fourth-order valence-electron chi connectivity index (χ4n) is 2.58. The molecule has 1 heterocycles. The van der Waals surface area contributed by atoms with E-state index in [1.807, 2.05) is 5.32 Å². The number of aliphatic carboxylic acids is 1. The monoisotopic (exact) mass is 492 g/mol. The Labute approximate surface area is 178 Å². The minimum atomic E-state index is -4.57. The van der Waals surface area contributed by atoms with Gasteiger partial charge < -0.3 is 20.1 Å². The molecule has 164 valence electrons. The minimum Gasteiger partial charge on any atom is -0.478 e. The number of nitrogens with zero attached hydrogens (tertiary/aromatic N) is 2. The van der Waals surface area contributed by atoms with Crippen LogP contribution in [0.25, 0.3) is 10.9 Å². The lowest BCUT2D eigenvalue weighted by Crippen LogP contribution is -2.43. The second-order valence-electron chi connectivity index (χ2n) is 7.30. The molecule has 0 aliphatic heterocycles. The third kappa shape index (κ3) is 6.12. The number of aliphatic imine (C=N–C) groups is 1. The van der Waals surface area contributed by atoms with E-state index < -0.39 is 42.4 Å². The number of alkyl carbamates (subject to hydrolysis) is 1. The molecule has 30 heavy (non-hydrogen) atoms. The van der Waals surface area contributed by atoms with Gasteiger partial charge in [-0.1, -0.05) is 22.0 Å². The van der Waals surface area contributed by atoms with Gasteiger partial charge in [-0.05, 0) is 39.0 Å². The summed E-state index contributed by atoms with van der Waals surface area (Å²) in [5, 5.41) is 11.8. The first-order valence-corrected chi connectivity index (χ1v) is 9.38. The zero-order valence-corrected chi connectivity index (χ0v) is 17.8. The van der Waals surface area contributed by atoms with E-state index in [-0.39, 0.29) is 11.2 Å². The van der Waals surface area contributed by atoms with Gasteiger partial charge in [0.25, 0.3) is 0 Å². The number of nitrogens with one attached hydrogen (secondary N) is 1. The number of rotatable bonds is 5. The van der Waals surface area contributed by atoms with Crippen molar-refractivity contribution in [2.45, 2.75) is 45.3 Å². The molecular formula is C18H20BrF3N4O4. The summed E-state index contributed by atoms with van der Waals surface area (Å²) in [4.78, 5) is 27.1. The average Bonchev–Trinajstić information content (AvgIpc) is 2.90. The summed E-state index contributed by atoms with van der Waals surface area (Å²) < 4.78 is 45.8. The van der Waals surface area contributed by atoms with Crippen molar-refractivity contribution < 1.29 is 32.6 Å². The predicted molar refractivity (Wildman–Crippen MR) is 107 cm³/mol. The summed E-state index contributed by atoms with van der Waals surface area (Å²) in [6.45, 7) is 3.37. The Morgan fingerprint density at radius 1 is 1.33 bits per heavy atom. The van der Waals surface area contributed by atoms with Gasteiger partial charge in [0.05, 0.1) is 11.2 Å². The van der Waals surface area contributed by atoms with Crippen LogP contribution in [0.2, 0.25) is 0 Å². The number of aromatic nitrogens is 1. The van der Waals surface area contributed by atoms with E-state index in [2.05, 4.69) is 20.9 Å². The van der Waals surface area contributed by atoms with Gasteiger partial charge in [-0.2, -0.15) is 13.2 Å². The van der Waals surface area contributed by atoms with E-state index in [4.69, 9.17) is 10.5 Å². The number of amidine groups is 1. The Morgan fingerprint density at radius 3 is 2.50 bits per heavy atom. The Kier molecular flexibility index (Phi) is 6.70. The third-order valence-corrected chi connectivity index (χ3v) is 4.34. The van der Waals surface area contributed by atoms with Crippen molar-refractivity contribution in [1.29, 1.82) is 0 Å². The molecule has 0 aliphatic rings. The number of nitrogens with two attached hydrogens (primary N) is 1. The molecule has 1 aromatic heterocycles. The maximum absolute atomic E-state index is 13.1. The summed E-state index contributed by atoms with van der Waals surface area (Å²) in [5.74, 6) is -2.06. The van der Waals surface area contributed by atoms with E-state index in [0.29, 0.717) is 9.86 Å². The van der Waals surface area contributed by atoms with Gasteiger partial charge in [-0.15, -0.1) is 0 Å². The molecule has 8 nitrogen and oxygen atoms in total. The van der Waals surface area contributed by atoms with Crippen LogP contribution in [0.3, 0.4) is 0 Å². The quantitative estimate of drug-likeness (QED) is 0.435. The number of fused-ring (bicyclic) bond motifs is 1. The summed E-state index contributed by atoms with van der Waals surface area (Å²) >= 11 is 3.26. The molecule has 1 unspecified atom stereocenters. The largest absolute Gasteiger partial charge is 0.478 e. The number of carbonyl (C=O) groups excluding carboxylic acids is 1. The van der Waals surface area contributed by atoms with Crippen LogP contribution in [0.15, 0.2) is 33.7 Å². The van der Waals surface area contributed by atoms with Crippen LogP contribution in [0.1, 0.15) is 26.5 Å². The first-order chi connectivity index (χ1) is 13.7. The average molecular weight is 493 g/mol. The van der Waals surface area contributed by atoms with Crippen molar-refractivity contribution >= 4 is 44.7 Å². The number of ether oxygens (including phenoxy) is 1. The lowest BCUT2D eigenvalue weighted by Gasteiger charge is -2.21. The van der Waals surface area contributed by atoms with Crippen LogP contribution in [0.5, 0.6) is 0 Å². The number of carboxylic acids is 1. The molecule has 0 radical (unpaired) electrons. The smallest absolute Gasteiger partial charge is 0.409 e. The topological polar surface area (TPSA) is 119 Å². The lowest BCUT2D eigenvalue weighted by molar-refractivity contribution is -0.140. The van der Waals surface area contributed by atoms with Gasteiger partial charge >= 0.3 is 18.2 Å². The molecule has 1 atom stereocenters. The van der Waals surface area contributed by atoms with Crippen molar-refractivity contribution in [2.75, 3.05) is 0 Å². The van der Waals surface area contributed by atoms with Crippen molar-refractivity contribution in [3.8, 4) is 0 Å². The number of carboxylic acid groups (broad SMARTS) is 1. The van der Waals surface area contributed by atoms with Crippen molar-refractivity contribution in [3.63, 3.8) is 0 Å². The number of halogens is 4. The zero-order chi connectivity index (χ0) is 22.9. The Hall–Kier alpha value is -2.76. The minimum absolute atomic E-state index is 0.147. The van der Waals surface area contributed by atoms with Gasteiger partial charge in [0, 0.05) is 9.86 Å². The molecule has 0 saturated heterocycles. The molecule has 1 amide bonds. The fourth-order valence-corrected chi connectivity index (χ4v) is 3.05. The van der Waals surface area contributed by atoms with Crippen LogP contribution in [0, 0.1) is 0 Å². The standard InChI is InChI=1S/C18H20BrF3N4O4/c1-17(2,3)30-16(29)25-14(15(27)28)24-13(23)12-7-9-10(19)5-4-6-11(9)26(12)8-18(20,21)22/h4-7,14H,8H2,1-3H3,(H2,23,24)(H,25,29)(H,27,28). The lowest BCUT2D eigenvalue weighted by atomic mass is 10.2. The molecule has 1 aromatic carbocycles. The third-order valence-electron chi connectivity index (χ3n) is 3.65. The Morgan fingerprint density at radius 2 is 1.97 bits per heavy atom. The number of alkyl halides is 3. The molecule has 0 fully saturated rings. The van der Waals surface area contributed by atoms with E-state index in [1.165, 1.54) is 12.1 Å². The van der Waals surface area contributed by atoms with E-state index in [9.17, 15) is 27.9 Å². The van der Waals surface area contributed by atoms with E-state index in [1.54, 1.807) is 32.9 Å². The van der Waals surface area contributed by atoms with Crippen LogP contribution in [-0.4, -0.2) is 45.5 Å². The molecule has 2 rings (SSSR count). The van der Waals surface area contributed by atoms with Crippen molar-refractivity contribution in [3.05, 3.63) is 34.4 Å². The maximum atomic E-state index is 13.1. The highest BCUT2D eigenvalue weighted by atomic mass is 79.9. The first kappa shape index (κ1) is 23.5. The van der Waals surface area contributed by atoms with Crippen LogP contribution < -0.4 is 11.1 Å². The summed E-state index contributed by atoms with van der Waals surface area (Å²) in [5.41, 5.74) is 5.04. The number of benzene rings is 1. The maximum Gasteiger partial charge on any atom is 0.409 e. The van der Waals surface area contributed by atoms with Crippen molar-refractivity contribution in [2.24, 2.45) is 10.7 Å². The molecule has 0 bridgehead atoms. The molecule has 0 spiro atoms. The highest BCUT2D eigenvalue weighted by molar-refractivity contribution is 9.10. The van der Waals surface area contributed by atoms with Gasteiger partial charge in [0.15, 0.2) is 0 Å². The second-order valence-corrected chi connectivity index (χ2v) is 8.16. The summed E-state index contributed by atoms with van der Waals surface area (Å²) in [6.07, 6.45) is -7.49. The van der Waals surface area contributed by atoms with Gasteiger partial charge in [-0.25, -0.2) is 14.6 Å². The van der Waals surface area contributed by atoms with E-state index in [0.717, 1.165) is 4.57 Å². The molecule has 0 saturated carbocycles. The fraction of sp³-hybridized carbons (Fsp3) is 0.389. The molecule has 12 heteroatoms. The van der Waals surface area contributed by atoms with Crippen LogP contribution in [-0.2, 0) is 16.1 Å². The number of carbonyl (C=O) groups is 2. The van der Waals surface area contributed by atoms with Crippen LogP contribution >= 0.6 is 15.9 Å². The van der Waals surface area contributed by atoms with Gasteiger partial charge in [0.2, 0.25) is 6.17 Å². The normalized spacial score (nSPS) is 13.9. The number of hydrogen-bond acceptors (Lipinski definition) is 4. The van der Waals surface area contributed by atoms with E-state index >= 15 is 0 Å². The number of hydrogen-bond donors (Lipinski definition) is 3. The second kappa shape index (κ2) is 8.54. The Balaban J connectivity index is 2.48. The zero-order valence-electron chi connectivity index (χ0n) is 16.2. The molecular weight excluding hydrogens is 473 g/mol. The van der Waals surface area contributed by atoms with Crippen LogP contribution in [0.4, 0.5) is 18.0 Å². The van der Waals surface area contributed by atoms with Gasteiger partial charge in [-0.3, -0.25) is 5.32 Å². The first-order valence-electron chi connectivity index (χ1n) is 8.58. The summed E-state index contributed by atoms with van der Waals surface area (Å²) in [7, 11) is 0. The SMILES string of the molecule is CC(C)(C)OC(=O)NC(N=C(N)c1cc2c(Br)cccc2n1CC(F)(F)F)C(=O)O. The van der Waals surface area contributed by atoms with Gasteiger partial charge in [0.1, 0.15) is 18.0 Å². The number of amides is 1. The predicted octanol–water partition coefficient (Wildman–Crippen LogP) is 3.61. The molecule has 2 aromatic rings. The molecule has 0 aliphatic carbocycles. The highest BCUT2D eigenvalue weighted by Crippen LogP contribution is 2.30. The van der Waals surface area contributed by atoms with Crippen molar-refractivity contribution in [1.82, 2.24) is 9.88 Å².